The molecule has 0 heterocycles. The molecule has 1 unspecified atom stereocenters. The van der Waals surface area contributed by atoms with Crippen LogP contribution in [0.25, 0.3) is 0 Å². The Morgan fingerprint density at radius 3 is 2.56 bits per heavy atom. The second-order valence-corrected chi connectivity index (χ2v) is 4.74. The molecule has 0 aromatic heterocycles. The zero-order chi connectivity index (χ0) is 13.0. The lowest BCUT2D eigenvalue weighted by molar-refractivity contribution is 0.178. The van der Waals surface area contributed by atoms with E-state index in [0.717, 1.165) is 12.0 Å². The standard InChI is InChI=1S/C17H20O/c1-3-14-8-6-10-16(11-14)17(18)12-15-9-5-4-7-13(15)2/h4-11,17-18H,3,12H2,1-2H3. The third kappa shape index (κ3) is 2.99. The molecule has 0 aliphatic carbocycles. The van der Waals surface area contributed by atoms with Crippen LogP contribution < -0.4 is 0 Å². The number of hydrogen-bond acceptors (Lipinski definition) is 1. The van der Waals surface area contributed by atoms with Gasteiger partial charge < -0.3 is 5.11 Å². The summed E-state index contributed by atoms with van der Waals surface area (Å²) in [6.45, 7) is 4.22. The van der Waals surface area contributed by atoms with E-state index in [1.54, 1.807) is 0 Å². The minimum Gasteiger partial charge on any atom is -0.388 e. The van der Waals surface area contributed by atoms with Gasteiger partial charge in [-0.05, 0) is 35.6 Å². The summed E-state index contributed by atoms with van der Waals surface area (Å²) in [6, 6.07) is 16.5. The quantitative estimate of drug-likeness (QED) is 0.861. The summed E-state index contributed by atoms with van der Waals surface area (Å²) in [7, 11) is 0. The van der Waals surface area contributed by atoms with Crippen molar-refractivity contribution in [3.63, 3.8) is 0 Å². The molecule has 0 bridgehead atoms. The molecule has 94 valence electrons. The van der Waals surface area contributed by atoms with Crippen LogP contribution in [0.5, 0.6) is 0 Å². The van der Waals surface area contributed by atoms with Crippen LogP contribution in [-0.4, -0.2) is 5.11 Å². The molecule has 0 saturated heterocycles. The molecule has 0 fully saturated rings. The Kier molecular flexibility index (Phi) is 4.16. The van der Waals surface area contributed by atoms with Crippen LogP contribution in [0, 0.1) is 6.92 Å². The average Bonchev–Trinajstić information content (AvgIpc) is 2.41. The molecular weight excluding hydrogens is 220 g/mol. The van der Waals surface area contributed by atoms with Crippen molar-refractivity contribution >= 4 is 0 Å². The first-order chi connectivity index (χ1) is 8.70. The zero-order valence-electron chi connectivity index (χ0n) is 11.1. The van der Waals surface area contributed by atoms with Gasteiger partial charge in [-0.25, -0.2) is 0 Å². The fourth-order valence-electron chi connectivity index (χ4n) is 2.19. The lowest BCUT2D eigenvalue weighted by Crippen LogP contribution is -2.03. The van der Waals surface area contributed by atoms with E-state index in [9.17, 15) is 5.11 Å². The minimum absolute atomic E-state index is 0.419. The summed E-state index contributed by atoms with van der Waals surface area (Å²) in [5.41, 5.74) is 4.74. The largest absolute Gasteiger partial charge is 0.388 e. The van der Waals surface area contributed by atoms with Crippen molar-refractivity contribution in [2.45, 2.75) is 32.8 Å². The van der Waals surface area contributed by atoms with Gasteiger partial charge in [0.05, 0.1) is 6.10 Å². The highest BCUT2D eigenvalue weighted by atomic mass is 16.3. The summed E-state index contributed by atoms with van der Waals surface area (Å²) < 4.78 is 0. The molecule has 1 heteroatoms. The van der Waals surface area contributed by atoms with E-state index in [-0.39, 0.29) is 0 Å². The van der Waals surface area contributed by atoms with E-state index >= 15 is 0 Å². The minimum atomic E-state index is -0.419. The molecule has 1 atom stereocenters. The number of aryl methyl sites for hydroxylation is 2. The Morgan fingerprint density at radius 1 is 1.06 bits per heavy atom. The molecule has 18 heavy (non-hydrogen) atoms. The van der Waals surface area contributed by atoms with E-state index in [4.69, 9.17) is 0 Å². The van der Waals surface area contributed by atoms with Gasteiger partial charge in [-0.3, -0.25) is 0 Å². The number of benzene rings is 2. The molecule has 0 radical (unpaired) electrons. The predicted molar refractivity (Wildman–Crippen MR) is 75.7 cm³/mol. The highest BCUT2D eigenvalue weighted by molar-refractivity contribution is 5.30. The number of aliphatic hydroxyl groups is 1. The topological polar surface area (TPSA) is 20.2 Å². The zero-order valence-corrected chi connectivity index (χ0v) is 11.1. The maximum atomic E-state index is 10.3. The fourth-order valence-corrected chi connectivity index (χ4v) is 2.19. The van der Waals surface area contributed by atoms with E-state index in [0.29, 0.717) is 6.42 Å². The van der Waals surface area contributed by atoms with Gasteiger partial charge in [-0.2, -0.15) is 0 Å². The van der Waals surface area contributed by atoms with Crippen molar-refractivity contribution < 1.29 is 5.11 Å². The second kappa shape index (κ2) is 5.83. The van der Waals surface area contributed by atoms with Crippen molar-refractivity contribution in [2.75, 3.05) is 0 Å². The first-order valence-corrected chi connectivity index (χ1v) is 6.52. The fraction of sp³-hybridized carbons (Fsp3) is 0.294. The summed E-state index contributed by atoms with van der Waals surface area (Å²) in [5.74, 6) is 0. The Balaban J connectivity index is 2.16. The molecule has 2 rings (SSSR count). The lowest BCUT2D eigenvalue weighted by atomic mass is 9.97. The van der Waals surface area contributed by atoms with Crippen molar-refractivity contribution in [2.24, 2.45) is 0 Å². The van der Waals surface area contributed by atoms with E-state index in [1.807, 2.05) is 24.3 Å². The molecule has 1 N–H and O–H groups in total. The van der Waals surface area contributed by atoms with Gasteiger partial charge in [0.15, 0.2) is 0 Å². The van der Waals surface area contributed by atoms with E-state index in [2.05, 4.69) is 38.1 Å². The number of rotatable bonds is 4. The van der Waals surface area contributed by atoms with Gasteiger partial charge in [-0.1, -0.05) is 55.5 Å². The Morgan fingerprint density at radius 2 is 1.83 bits per heavy atom. The summed E-state index contributed by atoms with van der Waals surface area (Å²) in [4.78, 5) is 0. The molecule has 2 aromatic carbocycles. The first-order valence-electron chi connectivity index (χ1n) is 6.52. The Hall–Kier alpha value is -1.60. The van der Waals surface area contributed by atoms with Crippen LogP contribution in [0.4, 0.5) is 0 Å². The van der Waals surface area contributed by atoms with E-state index in [1.165, 1.54) is 16.7 Å². The number of aliphatic hydroxyl groups excluding tert-OH is 1. The Labute approximate surface area is 109 Å². The highest BCUT2D eigenvalue weighted by Gasteiger charge is 2.10. The van der Waals surface area contributed by atoms with Gasteiger partial charge in [0.2, 0.25) is 0 Å². The van der Waals surface area contributed by atoms with Crippen LogP contribution >= 0.6 is 0 Å². The maximum absolute atomic E-state index is 10.3. The molecule has 0 aliphatic heterocycles. The predicted octanol–water partition coefficient (Wildman–Crippen LogP) is 3.83. The van der Waals surface area contributed by atoms with Crippen LogP contribution in [0.1, 0.15) is 35.3 Å². The van der Waals surface area contributed by atoms with Gasteiger partial charge in [-0.15, -0.1) is 0 Å². The molecule has 1 nitrogen and oxygen atoms in total. The van der Waals surface area contributed by atoms with Crippen LogP contribution in [0.15, 0.2) is 48.5 Å². The highest BCUT2D eigenvalue weighted by Crippen LogP contribution is 2.21. The summed E-state index contributed by atoms with van der Waals surface area (Å²) >= 11 is 0. The van der Waals surface area contributed by atoms with E-state index < -0.39 is 6.10 Å². The molecule has 0 aliphatic rings. The molecule has 0 saturated carbocycles. The lowest BCUT2D eigenvalue weighted by Gasteiger charge is -2.13. The monoisotopic (exact) mass is 240 g/mol. The third-order valence-corrected chi connectivity index (χ3v) is 3.42. The van der Waals surface area contributed by atoms with Crippen molar-refractivity contribution in [3.8, 4) is 0 Å². The normalized spacial score (nSPS) is 12.4. The van der Waals surface area contributed by atoms with Crippen molar-refractivity contribution in [3.05, 3.63) is 70.8 Å². The molecule has 2 aromatic rings. The maximum Gasteiger partial charge on any atom is 0.0830 e. The Bertz CT molecular complexity index is 517. The molecule has 0 spiro atoms. The van der Waals surface area contributed by atoms with Gasteiger partial charge in [0.1, 0.15) is 0 Å². The van der Waals surface area contributed by atoms with Gasteiger partial charge >= 0.3 is 0 Å². The molecule has 0 amide bonds. The summed E-state index contributed by atoms with van der Waals surface area (Å²) in [6.07, 6.45) is 1.27. The second-order valence-electron chi connectivity index (χ2n) is 4.74. The smallest absolute Gasteiger partial charge is 0.0830 e. The third-order valence-electron chi connectivity index (χ3n) is 3.42. The van der Waals surface area contributed by atoms with Crippen LogP contribution in [0.2, 0.25) is 0 Å². The average molecular weight is 240 g/mol. The summed E-state index contributed by atoms with van der Waals surface area (Å²) in [5, 5.41) is 10.3. The van der Waals surface area contributed by atoms with Crippen LogP contribution in [-0.2, 0) is 12.8 Å². The van der Waals surface area contributed by atoms with Crippen molar-refractivity contribution in [1.29, 1.82) is 0 Å². The van der Waals surface area contributed by atoms with Crippen molar-refractivity contribution in [1.82, 2.24) is 0 Å². The molecular formula is C17H20O. The SMILES string of the molecule is CCc1cccc(C(O)Cc2ccccc2C)c1. The van der Waals surface area contributed by atoms with Crippen LogP contribution in [0.3, 0.4) is 0 Å². The van der Waals surface area contributed by atoms with Gasteiger partial charge in [0.25, 0.3) is 0 Å². The first kappa shape index (κ1) is 12.8. The number of hydrogen-bond donors (Lipinski definition) is 1. The van der Waals surface area contributed by atoms with Gasteiger partial charge in [0, 0.05) is 6.42 Å².